The third kappa shape index (κ3) is 1.56. The Hall–Kier alpha value is -2.30. The van der Waals surface area contributed by atoms with Gasteiger partial charge in [-0.25, -0.2) is 0 Å². The van der Waals surface area contributed by atoms with Crippen molar-refractivity contribution in [1.82, 2.24) is 20.0 Å². The third-order valence-corrected chi connectivity index (χ3v) is 2.75. The van der Waals surface area contributed by atoms with Crippen LogP contribution in [0.25, 0.3) is 22.2 Å². The number of methoxy groups -OCH3 is 1. The van der Waals surface area contributed by atoms with E-state index in [1.807, 2.05) is 31.4 Å². The Labute approximate surface area is 98.0 Å². The Morgan fingerprint density at radius 3 is 2.94 bits per heavy atom. The standard InChI is InChI=1S/C12H12N4O/c1-16-7-8(6-13-16)12-10-5-9(17-2)3-4-11(10)14-15-12/h3-7H,1-2H3,(H,14,15). The number of rotatable bonds is 2. The van der Waals surface area contributed by atoms with Gasteiger partial charge in [-0.2, -0.15) is 10.2 Å². The average Bonchev–Trinajstić information content (AvgIpc) is 2.93. The van der Waals surface area contributed by atoms with Crippen molar-refractivity contribution < 1.29 is 4.74 Å². The lowest BCUT2D eigenvalue weighted by Crippen LogP contribution is -1.84. The minimum atomic E-state index is 0.823. The van der Waals surface area contributed by atoms with E-state index in [0.717, 1.165) is 27.9 Å². The van der Waals surface area contributed by atoms with Crippen molar-refractivity contribution in [3.8, 4) is 17.0 Å². The molecule has 3 aromatic rings. The topological polar surface area (TPSA) is 55.7 Å². The lowest BCUT2D eigenvalue weighted by atomic mass is 10.1. The third-order valence-electron chi connectivity index (χ3n) is 2.75. The summed E-state index contributed by atoms with van der Waals surface area (Å²) in [4.78, 5) is 0. The van der Waals surface area contributed by atoms with E-state index in [1.165, 1.54) is 0 Å². The molecule has 0 amide bonds. The van der Waals surface area contributed by atoms with Crippen molar-refractivity contribution >= 4 is 10.9 Å². The molecule has 0 aliphatic heterocycles. The molecule has 0 saturated heterocycles. The number of aromatic amines is 1. The molecule has 2 heterocycles. The molecule has 5 heteroatoms. The summed E-state index contributed by atoms with van der Waals surface area (Å²) in [6, 6.07) is 5.84. The highest BCUT2D eigenvalue weighted by Crippen LogP contribution is 2.28. The van der Waals surface area contributed by atoms with E-state index in [0.29, 0.717) is 0 Å². The van der Waals surface area contributed by atoms with Crippen molar-refractivity contribution in [3.63, 3.8) is 0 Å². The summed E-state index contributed by atoms with van der Waals surface area (Å²) in [5.74, 6) is 0.823. The molecule has 0 radical (unpaired) electrons. The van der Waals surface area contributed by atoms with Crippen molar-refractivity contribution in [2.45, 2.75) is 0 Å². The van der Waals surface area contributed by atoms with Gasteiger partial charge in [-0.1, -0.05) is 0 Å². The molecule has 3 rings (SSSR count). The molecule has 17 heavy (non-hydrogen) atoms. The van der Waals surface area contributed by atoms with E-state index >= 15 is 0 Å². The molecular formula is C12H12N4O. The maximum atomic E-state index is 5.23. The number of nitrogens with zero attached hydrogens (tertiary/aromatic N) is 3. The minimum absolute atomic E-state index is 0.823. The summed E-state index contributed by atoms with van der Waals surface area (Å²) in [5.41, 5.74) is 2.88. The van der Waals surface area contributed by atoms with Gasteiger partial charge in [0.2, 0.25) is 0 Å². The van der Waals surface area contributed by atoms with Gasteiger partial charge in [0.15, 0.2) is 0 Å². The summed E-state index contributed by atoms with van der Waals surface area (Å²) in [5, 5.41) is 12.5. The fourth-order valence-corrected chi connectivity index (χ4v) is 1.88. The van der Waals surface area contributed by atoms with Gasteiger partial charge < -0.3 is 4.74 Å². The normalized spacial score (nSPS) is 10.9. The number of fused-ring (bicyclic) bond motifs is 1. The van der Waals surface area contributed by atoms with Crippen LogP contribution in [0.5, 0.6) is 5.75 Å². The second kappa shape index (κ2) is 3.62. The van der Waals surface area contributed by atoms with Crippen LogP contribution in [0.3, 0.4) is 0 Å². The first-order valence-corrected chi connectivity index (χ1v) is 5.29. The molecule has 0 aliphatic rings. The lowest BCUT2D eigenvalue weighted by molar-refractivity contribution is 0.415. The average molecular weight is 228 g/mol. The molecule has 0 bridgehead atoms. The molecule has 0 spiro atoms. The van der Waals surface area contributed by atoms with Gasteiger partial charge in [0, 0.05) is 24.2 Å². The van der Waals surface area contributed by atoms with E-state index in [4.69, 9.17) is 4.74 Å². The number of benzene rings is 1. The van der Waals surface area contributed by atoms with E-state index in [1.54, 1.807) is 18.0 Å². The van der Waals surface area contributed by atoms with Crippen LogP contribution < -0.4 is 4.74 Å². The Morgan fingerprint density at radius 2 is 2.24 bits per heavy atom. The zero-order chi connectivity index (χ0) is 11.8. The highest BCUT2D eigenvalue weighted by atomic mass is 16.5. The highest BCUT2D eigenvalue weighted by molar-refractivity contribution is 5.93. The van der Waals surface area contributed by atoms with Crippen molar-refractivity contribution in [2.24, 2.45) is 7.05 Å². The van der Waals surface area contributed by atoms with Gasteiger partial charge in [0.25, 0.3) is 0 Å². The summed E-state index contributed by atoms with van der Waals surface area (Å²) in [6.45, 7) is 0. The van der Waals surface area contributed by atoms with E-state index in [9.17, 15) is 0 Å². The maximum Gasteiger partial charge on any atom is 0.119 e. The minimum Gasteiger partial charge on any atom is -0.497 e. The van der Waals surface area contributed by atoms with Crippen LogP contribution >= 0.6 is 0 Å². The fraction of sp³-hybridized carbons (Fsp3) is 0.167. The van der Waals surface area contributed by atoms with Gasteiger partial charge in [0.05, 0.1) is 18.8 Å². The van der Waals surface area contributed by atoms with Gasteiger partial charge in [-0.05, 0) is 18.2 Å². The summed E-state index contributed by atoms with van der Waals surface area (Å²) >= 11 is 0. The molecule has 1 aromatic carbocycles. The van der Waals surface area contributed by atoms with Crippen molar-refractivity contribution in [2.75, 3.05) is 7.11 Å². The number of aryl methyl sites for hydroxylation is 1. The Kier molecular flexibility index (Phi) is 2.11. The Morgan fingerprint density at radius 1 is 1.35 bits per heavy atom. The molecule has 0 aliphatic carbocycles. The fourth-order valence-electron chi connectivity index (χ4n) is 1.88. The molecule has 86 valence electrons. The molecule has 0 fully saturated rings. The van der Waals surface area contributed by atoms with Gasteiger partial charge in [0.1, 0.15) is 11.4 Å². The predicted octanol–water partition coefficient (Wildman–Crippen LogP) is 1.97. The summed E-state index contributed by atoms with van der Waals surface area (Å²) < 4.78 is 6.99. The largest absolute Gasteiger partial charge is 0.497 e. The van der Waals surface area contributed by atoms with E-state index in [-0.39, 0.29) is 0 Å². The zero-order valence-electron chi connectivity index (χ0n) is 9.64. The molecule has 1 N–H and O–H groups in total. The molecule has 0 saturated carbocycles. The van der Waals surface area contributed by atoms with Crippen LogP contribution in [0.15, 0.2) is 30.6 Å². The van der Waals surface area contributed by atoms with Gasteiger partial charge in [-0.3, -0.25) is 9.78 Å². The van der Waals surface area contributed by atoms with E-state index in [2.05, 4.69) is 15.3 Å². The smallest absolute Gasteiger partial charge is 0.119 e. The first-order valence-electron chi connectivity index (χ1n) is 5.29. The summed E-state index contributed by atoms with van der Waals surface area (Å²) in [6.07, 6.45) is 3.74. The Bertz CT molecular complexity index is 668. The maximum absolute atomic E-state index is 5.23. The predicted molar refractivity (Wildman–Crippen MR) is 64.8 cm³/mol. The molecule has 0 unspecified atom stereocenters. The molecular weight excluding hydrogens is 216 g/mol. The number of ether oxygens (including phenoxy) is 1. The molecule has 5 nitrogen and oxygen atoms in total. The van der Waals surface area contributed by atoms with Crippen LogP contribution in [0, 0.1) is 0 Å². The number of H-pyrrole nitrogens is 1. The van der Waals surface area contributed by atoms with Gasteiger partial charge >= 0.3 is 0 Å². The molecule has 2 aromatic heterocycles. The zero-order valence-corrected chi connectivity index (χ0v) is 9.64. The van der Waals surface area contributed by atoms with Crippen LogP contribution in [-0.4, -0.2) is 27.1 Å². The second-order valence-corrected chi connectivity index (χ2v) is 3.89. The number of hydrogen-bond donors (Lipinski definition) is 1. The highest BCUT2D eigenvalue weighted by Gasteiger charge is 2.10. The number of hydrogen-bond acceptors (Lipinski definition) is 3. The van der Waals surface area contributed by atoms with E-state index < -0.39 is 0 Å². The Balaban J connectivity index is 2.22. The SMILES string of the molecule is COc1ccc2[nH]nc(-c3cnn(C)c3)c2c1. The number of aromatic nitrogens is 4. The van der Waals surface area contributed by atoms with Crippen LogP contribution in [-0.2, 0) is 7.05 Å². The molecule has 0 atom stereocenters. The van der Waals surface area contributed by atoms with Crippen molar-refractivity contribution in [1.29, 1.82) is 0 Å². The van der Waals surface area contributed by atoms with Crippen LogP contribution in [0.4, 0.5) is 0 Å². The van der Waals surface area contributed by atoms with Gasteiger partial charge in [-0.15, -0.1) is 0 Å². The van der Waals surface area contributed by atoms with Crippen LogP contribution in [0.2, 0.25) is 0 Å². The summed E-state index contributed by atoms with van der Waals surface area (Å²) in [7, 11) is 3.55. The first-order chi connectivity index (χ1) is 8.28. The van der Waals surface area contributed by atoms with Crippen molar-refractivity contribution in [3.05, 3.63) is 30.6 Å². The first kappa shape index (κ1) is 9.89. The number of nitrogens with one attached hydrogen (secondary N) is 1. The second-order valence-electron chi connectivity index (χ2n) is 3.89. The lowest BCUT2D eigenvalue weighted by Gasteiger charge is -1.99. The monoisotopic (exact) mass is 228 g/mol. The van der Waals surface area contributed by atoms with Crippen LogP contribution in [0.1, 0.15) is 0 Å². The quantitative estimate of drug-likeness (QED) is 0.729.